The van der Waals surface area contributed by atoms with Crippen LogP contribution >= 0.6 is 11.8 Å². The zero-order valence-electron chi connectivity index (χ0n) is 16.6. The molecule has 8 heteroatoms. The maximum atomic E-state index is 12.1. The summed E-state index contributed by atoms with van der Waals surface area (Å²) >= 11 is 1.33. The summed E-state index contributed by atoms with van der Waals surface area (Å²) in [6.07, 6.45) is 1.56. The lowest BCUT2D eigenvalue weighted by Gasteiger charge is -2.07. The van der Waals surface area contributed by atoms with Crippen LogP contribution in [0.15, 0.2) is 58.8 Å². The normalized spacial score (nSPS) is 11.0. The first-order chi connectivity index (χ1) is 14.1. The predicted octanol–water partition coefficient (Wildman–Crippen LogP) is 3.52. The number of thioether (sulfide) groups is 1. The third-order valence-electron chi connectivity index (χ3n) is 4.21. The number of aryl methyl sites for hydroxylation is 1. The highest BCUT2D eigenvalue weighted by atomic mass is 32.2. The van der Waals surface area contributed by atoms with Crippen molar-refractivity contribution in [2.45, 2.75) is 25.5 Å². The van der Waals surface area contributed by atoms with Crippen LogP contribution in [0.25, 0.3) is 11.4 Å². The molecule has 7 nitrogen and oxygen atoms in total. The molecule has 0 aliphatic rings. The van der Waals surface area contributed by atoms with Gasteiger partial charge in [-0.25, -0.2) is 5.43 Å². The molecule has 2 aromatic carbocycles. The van der Waals surface area contributed by atoms with Crippen molar-refractivity contribution in [2.24, 2.45) is 5.10 Å². The second-order valence-corrected chi connectivity index (χ2v) is 7.18. The Kier molecular flexibility index (Phi) is 7.02. The third-order valence-corrected chi connectivity index (χ3v) is 5.17. The molecule has 0 spiro atoms. The average molecular weight is 410 g/mol. The second kappa shape index (κ2) is 9.88. The number of nitrogens with zero attached hydrogens (tertiary/aromatic N) is 4. The SMILES string of the molecule is CCn1c(SCC(=O)N/N=C\c2ccccc2OC)nnc1-c1ccc(C)cc1. The van der Waals surface area contributed by atoms with Crippen LogP contribution in [0, 0.1) is 6.92 Å². The molecule has 150 valence electrons. The number of ether oxygens (including phenoxy) is 1. The highest BCUT2D eigenvalue weighted by Gasteiger charge is 2.14. The highest BCUT2D eigenvalue weighted by Crippen LogP contribution is 2.24. The van der Waals surface area contributed by atoms with Gasteiger partial charge < -0.3 is 9.30 Å². The summed E-state index contributed by atoms with van der Waals surface area (Å²) in [5.41, 5.74) is 5.51. The molecule has 0 radical (unpaired) electrons. The Balaban J connectivity index is 1.60. The van der Waals surface area contributed by atoms with E-state index in [2.05, 4.69) is 20.7 Å². The number of benzene rings is 2. The summed E-state index contributed by atoms with van der Waals surface area (Å²) in [7, 11) is 1.59. The molecule has 0 bridgehead atoms. The molecule has 0 saturated carbocycles. The minimum atomic E-state index is -0.219. The van der Waals surface area contributed by atoms with Crippen LogP contribution in [0.4, 0.5) is 0 Å². The zero-order valence-corrected chi connectivity index (χ0v) is 17.4. The van der Waals surface area contributed by atoms with Crippen LogP contribution in [0.5, 0.6) is 5.75 Å². The Morgan fingerprint density at radius 1 is 1.21 bits per heavy atom. The van der Waals surface area contributed by atoms with E-state index in [0.717, 1.165) is 17.0 Å². The van der Waals surface area contributed by atoms with Crippen LogP contribution < -0.4 is 10.2 Å². The van der Waals surface area contributed by atoms with Gasteiger partial charge >= 0.3 is 0 Å². The van der Waals surface area contributed by atoms with E-state index in [1.54, 1.807) is 13.3 Å². The first-order valence-electron chi connectivity index (χ1n) is 9.20. The predicted molar refractivity (Wildman–Crippen MR) is 115 cm³/mol. The Hall–Kier alpha value is -3.13. The number of rotatable bonds is 8. The lowest BCUT2D eigenvalue weighted by atomic mass is 10.1. The van der Waals surface area contributed by atoms with E-state index in [0.29, 0.717) is 17.5 Å². The smallest absolute Gasteiger partial charge is 0.250 e. The van der Waals surface area contributed by atoms with Gasteiger partial charge in [0.2, 0.25) is 0 Å². The summed E-state index contributed by atoms with van der Waals surface area (Å²) in [5, 5.41) is 13.3. The molecule has 0 saturated heterocycles. The lowest BCUT2D eigenvalue weighted by Crippen LogP contribution is -2.20. The fourth-order valence-corrected chi connectivity index (χ4v) is 3.50. The summed E-state index contributed by atoms with van der Waals surface area (Å²) in [4.78, 5) is 12.1. The van der Waals surface area contributed by atoms with Gasteiger partial charge in [-0.15, -0.1) is 10.2 Å². The molecule has 0 aliphatic carbocycles. The van der Waals surface area contributed by atoms with Crippen LogP contribution in [0.3, 0.4) is 0 Å². The van der Waals surface area contributed by atoms with E-state index in [9.17, 15) is 4.79 Å². The van der Waals surface area contributed by atoms with E-state index in [1.165, 1.54) is 17.3 Å². The Morgan fingerprint density at radius 3 is 2.69 bits per heavy atom. The van der Waals surface area contributed by atoms with Gasteiger partial charge in [-0.05, 0) is 26.0 Å². The lowest BCUT2D eigenvalue weighted by molar-refractivity contribution is -0.118. The highest BCUT2D eigenvalue weighted by molar-refractivity contribution is 7.99. The molecule has 1 N–H and O–H groups in total. The standard InChI is InChI=1S/C21H23N5O2S/c1-4-26-20(16-11-9-15(2)10-12-16)24-25-21(26)29-14-19(27)23-22-13-17-7-5-6-8-18(17)28-3/h5-13H,4,14H2,1-3H3,(H,23,27)/b22-13-. The molecule has 29 heavy (non-hydrogen) atoms. The third kappa shape index (κ3) is 5.23. The maximum absolute atomic E-state index is 12.1. The first-order valence-corrected chi connectivity index (χ1v) is 10.2. The van der Waals surface area contributed by atoms with Crippen molar-refractivity contribution in [3.63, 3.8) is 0 Å². The van der Waals surface area contributed by atoms with Crippen molar-refractivity contribution < 1.29 is 9.53 Å². The van der Waals surface area contributed by atoms with Gasteiger partial charge in [-0.3, -0.25) is 4.79 Å². The Morgan fingerprint density at radius 2 is 1.97 bits per heavy atom. The van der Waals surface area contributed by atoms with E-state index in [4.69, 9.17) is 4.74 Å². The molecule has 0 fully saturated rings. The average Bonchev–Trinajstić information content (AvgIpc) is 3.16. The number of carbonyl (C=O) groups excluding carboxylic acids is 1. The van der Waals surface area contributed by atoms with Gasteiger partial charge in [0.25, 0.3) is 5.91 Å². The number of hydrogen-bond acceptors (Lipinski definition) is 6. The fourth-order valence-electron chi connectivity index (χ4n) is 2.71. The minimum absolute atomic E-state index is 0.190. The van der Waals surface area contributed by atoms with Crippen LogP contribution in [-0.2, 0) is 11.3 Å². The number of hydrogen-bond donors (Lipinski definition) is 1. The molecule has 3 rings (SSSR count). The van der Waals surface area contributed by atoms with Gasteiger partial charge in [0.15, 0.2) is 11.0 Å². The summed E-state index contributed by atoms with van der Waals surface area (Å²) in [6, 6.07) is 15.6. The summed E-state index contributed by atoms with van der Waals surface area (Å²) < 4.78 is 7.25. The van der Waals surface area contributed by atoms with Crippen molar-refractivity contribution >= 4 is 23.9 Å². The van der Waals surface area contributed by atoms with Crippen molar-refractivity contribution in [1.82, 2.24) is 20.2 Å². The van der Waals surface area contributed by atoms with Crippen molar-refractivity contribution in [2.75, 3.05) is 12.9 Å². The number of hydrazone groups is 1. The van der Waals surface area contributed by atoms with Gasteiger partial charge in [0.1, 0.15) is 5.75 Å². The number of aromatic nitrogens is 3. The molecule has 1 amide bonds. The van der Waals surface area contributed by atoms with Crippen molar-refractivity contribution in [3.8, 4) is 17.1 Å². The van der Waals surface area contributed by atoms with Crippen LogP contribution in [-0.4, -0.2) is 39.7 Å². The number of nitrogens with one attached hydrogen (secondary N) is 1. The Labute approximate surface area is 174 Å². The largest absolute Gasteiger partial charge is 0.496 e. The molecule has 1 heterocycles. The topological polar surface area (TPSA) is 81.4 Å². The number of carbonyl (C=O) groups is 1. The first kappa shape index (κ1) is 20.6. The van der Waals surface area contributed by atoms with E-state index < -0.39 is 0 Å². The van der Waals surface area contributed by atoms with E-state index in [1.807, 2.05) is 66.9 Å². The second-order valence-electron chi connectivity index (χ2n) is 6.24. The van der Waals surface area contributed by atoms with Gasteiger partial charge in [0.05, 0.1) is 19.1 Å². The van der Waals surface area contributed by atoms with Gasteiger partial charge in [-0.2, -0.15) is 5.10 Å². The van der Waals surface area contributed by atoms with Crippen LogP contribution in [0.1, 0.15) is 18.1 Å². The minimum Gasteiger partial charge on any atom is -0.496 e. The van der Waals surface area contributed by atoms with Gasteiger partial charge in [0, 0.05) is 17.7 Å². The quantitative estimate of drug-likeness (QED) is 0.350. The number of para-hydroxylation sites is 1. The van der Waals surface area contributed by atoms with E-state index in [-0.39, 0.29) is 11.7 Å². The zero-order chi connectivity index (χ0) is 20.6. The molecule has 0 atom stereocenters. The number of methoxy groups -OCH3 is 1. The monoisotopic (exact) mass is 409 g/mol. The maximum Gasteiger partial charge on any atom is 0.250 e. The van der Waals surface area contributed by atoms with Crippen molar-refractivity contribution in [1.29, 1.82) is 0 Å². The molecule has 0 unspecified atom stereocenters. The molecular weight excluding hydrogens is 386 g/mol. The molecule has 3 aromatic rings. The van der Waals surface area contributed by atoms with Crippen molar-refractivity contribution in [3.05, 3.63) is 59.7 Å². The fraction of sp³-hybridized carbons (Fsp3) is 0.238. The van der Waals surface area contributed by atoms with Gasteiger partial charge in [-0.1, -0.05) is 53.7 Å². The molecule has 1 aromatic heterocycles. The summed E-state index contributed by atoms with van der Waals surface area (Å²) in [6.45, 7) is 4.79. The molecular formula is C21H23N5O2S. The Bertz CT molecular complexity index is 999. The van der Waals surface area contributed by atoms with Crippen LogP contribution in [0.2, 0.25) is 0 Å². The molecule has 0 aliphatic heterocycles. The summed E-state index contributed by atoms with van der Waals surface area (Å²) in [5.74, 6) is 1.46. The van der Waals surface area contributed by atoms with E-state index >= 15 is 0 Å². The number of amides is 1.